The number of nitrogens with one attached hydrogen (secondary N) is 1. The van der Waals surface area contributed by atoms with Crippen molar-refractivity contribution in [3.63, 3.8) is 0 Å². The van der Waals surface area contributed by atoms with E-state index in [1.807, 2.05) is 58.0 Å². The summed E-state index contributed by atoms with van der Waals surface area (Å²) in [7, 11) is -2.13. The van der Waals surface area contributed by atoms with Crippen molar-refractivity contribution >= 4 is 32.7 Å². The number of amides is 1. The van der Waals surface area contributed by atoms with E-state index < -0.39 is 16.1 Å². The first-order valence-electron chi connectivity index (χ1n) is 13.0. The Hall–Kier alpha value is -4.63. The lowest BCUT2D eigenvalue weighted by atomic mass is 10.0. The first kappa shape index (κ1) is 27.9. The van der Waals surface area contributed by atoms with Crippen LogP contribution >= 0.6 is 0 Å². The summed E-state index contributed by atoms with van der Waals surface area (Å²) in [5.41, 5.74) is 7.21. The number of nitrogens with zero attached hydrogens (tertiary/aromatic N) is 2. The highest BCUT2D eigenvalue weighted by Gasteiger charge is 2.19. The topological polar surface area (TPSA) is 99.5 Å². The molecule has 0 radical (unpaired) electrons. The minimum atomic E-state index is -3.73. The third-order valence-corrected chi connectivity index (χ3v) is 8.68. The van der Waals surface area contributed by atoms with Crippen LogP contribution in [0.5, 0.6) is 5.75 Å². The molecule has 41 heavy (non-hydrogen) atoms. The van der Waals surface area contributed by atoms with E-state index in [0.29, 0.717) is 16.9 Å². The molecule has 3 aromatic carbocycles. The number of ether oxygens (including phenoxy) is 2. The van der Waals surface area contributed by atoms with E-state index in [4.69, 9.17) is 9.47 Å². The van der Waals surface area contributed by atoms with E-state index in [1.54, 1.807) is 55.9 Å². The van der Waals surface area contributed by atoms with Crippen molar-refractivity contribution in [3.8, 4) is 16.9 Å². The number of pyridine rings is 1. The average Bonchev–Trinajstić information content (AvgIpc) is 3.37. The zero-order valence-corrected chi connectivity index (χ0v) is 24.4. The number of benzene rings is 3. The Labute approximate surface area is 239 Å². The molecule has 0 aliphatic rings. The third-order valence-electron chi connectivity index (χ3n) is 6.98. The highest BCUT2D eigenvalue weighted by Crippen LogP contribution is 2.30. The summed E-state index contributed by atoms with van der Waals surface area (Å²) in [6, 6.07) is 19.9. The van der Waals surface area contributed by atoms with Gasteiger partial charge in [-0.1, -0.05) is 29.8 Å². The van der Waals surface area contributed by atoms with Crippen molar-refractivity contribution in [3.05, 3.63) is 107 Å². The fourth-order valence-corrected chi connectivity index (χ4v) is 6.21. The first-order chi connectivity index (χ1) is 19.6. The van der Waals surface area contributed by atoms with Crippen molar-refractivity contribution in [1.29, 1.82) is 0 Å². The molecule has 0 bridgehead atoms. The monoisotopic (exact) mass is 569 g/mol. The Morgan fingerprint density at radius 3 is 2.39 bits per heavy atom. The van der Waals surface area contributed by atoms with Gasteiger partial charge in [-0.05, 0) is 86.8 Å². The number of rotatable bonds is 7. The normalized spacial score (nSPS) is 11.4. The van der Waals surface area contributed by atoms with Crippen LogP contribution in [-0.2, 0) is 21.4 Å². The molecule has 9 heteroatoms. The zero-order chi connectivity index (χ0) is 29.3. The highest BCUT2D eigenvalue weighted by molar-refractivity contribution is 7.90. The van der Waals surface area contributed by atoms with Gasteiger partial charge in [0.2, 0.25) is 0 Å². The van der Waals surface area contributed by atoms with Gasteiger partial charge in [0, 0.05) is 34.6 Å². The molecule has 0 unspecified atom stereocenters. The van der Waals surface area contributed by atoms with Crippen LogP contribution in [0.4, 0.5) is 10.5 Å². The Kier molecular flexibility index (Phi) is 7.55. The fraction of sp³-hybridized carbons (Fsp3) is 0.188. The average molecular weight is 570 g/mol. The molecule has 0 spiro atoms. The highest BCUT2D eigenvalue weighted by atomic mass is 32.2. The molecule has 5 aromatic rings. The van der Waals surface area contributed by atoms with Crippen molar-refractivity contribution in [2.75, 3.05) is 12.4 Å². The SMILES string of the molecule is COc1c(C)cnc(COC(=O)Nc2cc(C)cc(-c3ccc4c(ccn4S(=O)(=O)c4ccc(C)cc4)c3)c2)c1C. The summed E-state index contributed by atoms with van der Waals surface area (Å²) >= 11 is 0. The lowest BCUT2D eigenvalue weighted by Crippen LogP contribution is -2.15. The van der Waals surface area contributed by atoms with Gasteiger partial charge in [0.1, 0.15) is 12.4 Å². The third kappa shape index (κ3) is 5.67. The van der Waals surface area contributed by atoms with Crippen LogP contribution in [0.2, 0.25) is 0 Å². The quantitative estimate of drug-likeness (QED) is 0.228. The number of carbonyl (C=O) groups is 1. The van der Waals surface area contributed by atoms with Crippen molar-refractivity contribution < 1.29 is 22.7 Å². The van der Waals surface area contributed by atoms with Crippen LogP contribution in [0.25, 0.3) is 22.0 Å². The van der Waals surface area contributed by atoms with E-state index in [0.717, 1.165) is 44.5 Å². The van der Waals surface area contributed by atoms with Crippen molar-refractivity contribution in [1.82, 2.24) is 8.96 Å². The molecule has 2 aromatic heterocycles. The fourth-order valence-electron chi connectivity index (χ4n) is 4.86. The maximum atomic E-state index is 13.3. The molecule has 0 fully saturated rings. The number of hydrogen-bond donors (Lipinski definition) is 1. The number of carbonyl (C=O) groups excluding carboxylic acids is 1. The molecule has 0 aliphatic carbocycles. The molecule has 2 heterocycles. The standard InChI is InChI=1S/C32H31N3O5S/c1-20-6-9-28(10-7-20)41(37,38)35-13-12-25-16-24(8-11-30(25)35)26-14-21(2)15-27(17-26)34-32(36)40-19-29-23(4)31(39-5)22(3)18-33-29/h6-18H,19H2,1-5H3,(H,34,36). The van der Waals surface area contributed by atoms with Gasteiger partial charge < -0.3 is 9.47 Å². The molecule has 1 N–H and O–H groups in total. The van der Waals surface area contributed by atoms with E-state index in [1.165, 1.54) is 3.97 Å². The Balaban J connectivity index is 1.35. The molecular weight excluding hydrogens is 538 g/mol. The molecule has 0 aliphatic heterocycles. The predicted octanol–water partition coefficient (Wildman–Crippen LogP) is 6.93. The Morgan fingerprint density at radius 2 is 1.66 bits per heavy atom. The van der Waals surface area contributed by atoms with Gasteiger partial charge in [-0.25, -0.2) is 17.2 Å². The second-order valence-corrected chi connectivity index (χ2v) is 11.9. The van der Waals surface area contributed by atoms with Crippen molar-refractivity contribution in [2.45, 2.75) is 39.2 Å². The van der Waals surface area contributed by atoms with Gasteiger partial charge in [0.05, 0.1) is 23.2 Å². The number of anilines is 1. The molecule has 5 rings (SSSR count). The maximum absolute atomic E-state index is 13.3. The lowest BCUT2D eigenvalue weighted by molar-refractivity contribution is 0.153. The zero-order valence-electron chi connectivity index (χ0n) is 23.6. The van der Waals surface area contributed by atoms with Gasteiger partial charge in [0.15, 0.2) is 0 Å². The number of fused-ring (bicyclic) bond motifs is 1. The largest absolute Gasteiger partial charge is 0.496 e. The second kappa shape index (κ2) is 11.1. The van der Waals surface area contributed by atoms with Gasteiger partial charge in [-0.2, -0.15) is 0 Å². The van der Waals surface area contributed by atoms with Gasteiger partial charge >= 0.3 is 6.09 Å². The maximum Gasteiger partial charge on any atom is 0.412 e. The van der Waals surface area contributed by atoms with Crippen LogP contribution in [0.1, 0.15) is 27.9 Å². The van der Waals surface area contributed by atoms with E-state index >= 15 is 0 Å². The Morgan fingerprint density at radius 1 is 0.902 bits per heavy atom. The Bertz CT molecular complexity index is 1880. The second-order valence-electron chi connectivity index (χ2n) is 10.0. The minimum absolute atomic E-state index is 0.00608. The molecular formula is C32H31N3O5S. The molecule has 0 saturated heterocycles. The van der Waals surface area contributed by atoms with Crippen molar-refractivity contribution in [2.24, 2.45) is 0 Å². The minimum Gasteiger partial charge on any atom is -0.496 e. The molecule has 0 atom stereocenters. The van der Waals surface area contributed by atoms with Crippen LogP contribution in [-0.4, -0.2) is 30.6 Å². The predicted molar refractivity (Wildman–Crippen MR) is 160 cm³/mol. The first-order valence-corrected chi connectivity index (χ1v) is 14.5. The molecule has 210 valence electrons. The molecule has 0 saturated carbocycles. The summed E-state index contributed by atoms with van der Waals surface area (Å²) in [5, 5.41) is 3.58. The summed E-state index contributed by atoms with van der Waals surface area (Å²) < 4.78 is 38.7. The van der Waals surface area contributed by atoms with Gasteiger partial charge in [0.25, 0.3) is 10.0 Å². The lowest BCUT2D eigenvalue weighted by Gasteiger charge is -2.13. The number of methoxy groups -OCH3 is 1. The van der Waals surface area contributed by atoms with Crippen LogP contribution in [0, 0.1) is 27.7 Å². The summed E-state index contributed by atoms with van der Waals surface area (Å²) in [5.74, 6) is 0.724. The van der Waals surface area contributed by atoms with E-state index in [2.05, 4.69) is 10.3 Å². The van der Waals surface area contributed by atoms with Gasteiger partial charge in [-0.3, -0.25) is 10.3 Å². The smallest absolute Gasteiger partial charge is 0.412 e. The number of aromatic nitrogens is 2. The van der Waals surface area contributed by atoms with Crippen LogP contribution in [0.15, 0.2) is 84.0 Å². The van der Waals surface area contributed by atoms with Crippen LogP contribution < -0.4 is 10.1 Å². The number of hydrogen-bond acceptors (Lipinski definition) is 6. The molecule has 8 nitrogen and oxygen atoms in total. The van der Waals surface area contributed by atoms with Crippen LogP contribution in [0.3, 0.4) is 0 Å². The van der Waals surface area contributed by atoms with Gasteiger partial charge in [-0.15, -0.1) is 0 Å². The number of aryl methyl sites for hydroxylation is 3. The summed E-state index contributed by atoms with van der Waals surface area (Å²) in [6.07, 6.45) is 2.66. The summed E-state index contributed by atoms with van der Waals surface area (Å²) in [6.45, 7) is 7.65. The molecule has 1 amide bonds. The van der Waals surface area contributed by atoms with E-state index in [-0.39, 0.29) is 11.5 Å². The summed E-state index contributed by atoms with van der Waals surface area (Å²) in [4.78, 5) is 17.2. The van der Waals surface area contributed by atoms with E-state index in [9.17, 15) is 13.2 Å².